The lowest BCUT2D eigenvalue weighted by molar-refractivity contribution is -0.117. The van der Waals surface area contributed by atoms with Crippen LogP contribution in [0.3, 0.4) is 0 Å². The fourth-order valence-electron chi connectivity index (χ4n) is 2.49. The normalized spacial score (nSPS) is 16.7. The molecular formula is C20H19BrN2O3. The van der Waals surface area contributed by atoms with Crippen LogP contribution in [0.1, 0.15) is 25.8 Å². The molecule has 1 atom stereocenters. The van der Waals surface area contributed by atoms with Crippen molar-refractivity contribution in [1.82, 2.24) is 5.43 Å². The van der Waals surface area contributed by atoms with Gasteiger partial charge in [0.2, 0.25) is 0 Å². The van der Waals surface area contributed by atoms with Gasteiger partial charge in [-0.15, -0.1) is 0 Å². The van der Waals surface area contributed by atoms with Crippen molar-refractivity contribution in [1.29, 1.82) is 0 Å². The third-order valence-corrected chi connectivity index (χ3v) is 4.70. The minimum Gasteiger partial charge on any atom is -0.490 e. The van der Waals surface area contributed by atoms with Crippen molar-refractivity contribution >= 4 is 39.5 Å². The van der Waals surface area contributed by atoms with Crippen molar-refractivity contribution in [2.75, 3.05) is 5.01 Å². The van der Waals surface area contributed by atoms with Crippen LogP contribution < -0.4 is 15.2 Å². The second-order valence-electron chi connectivity index (χ2n) is 6.00. The number of nitrogens with zero attached hydrogens (tertiary/aromatic N) is 1. The smallest absolute Gasteiger partial charge is 0.282 e. The lowest BCUT2D eigenvalue weighted by Gasteiger charge is -2.14. The molecule has 1 aliphatic rings. The Morgan fingerprint density at radius 1 is 1.19 bits per heavy atom. The molecule has 1 heterocycles. The van der Waals surface area contributed by atoms with E-state index >= 15 is 0 Å². The maximum Gasteiger partial charge on any atom is 0.282 e. The predicted octanol–water partition coefficient (Wildman–Crippen LogP) is 4.09. The number of benzene rings is 2. The lowest BCUT2D eigenvalue weighted by Crippen LogP contribution is -2.35. The van der Waals surface area contributed by atoms with Gasteiger partial charge in [0.05, 0.1) is 16.3 Å². The van der Waals surface area contributed by atoms with Crippen LogP contribution in [0.2, 0.25) is 0 Å². The van der Waals surface area contributed by atoms with Crippen LogP contribution in [0.4, 0.5) is 5.69 Å². The highest BCUT2D eigenvalue weighted by Crippen LogP contribution is 2.29. The van der Waals surface area contributed by atoms with E-state index in [-0.39, 0.29) is 17.6 Å². The molecule has 2 aromatic carbocycles. The molecule has 1 saturated heterocycles. The molecular weight excluding hydrogens is 396 g/mol. The van der Waals surface area contributed by atoms with Crippen LogP contribution in [0.15, 0.2) is 58.6 Å². The Bertz CT molecular complexity index is 865. The van der Waals surface area contributed by atoms with Crippen LogP contribution in [0, 0.1) is 0 Å². The molecule has 1 aliphatic heterocycles. The molecule has 0 bridgehead atoms. The fraction of sp³-hybridized carbons (Fsp3) is 0.200. The molecule has 3 rings (SSSR count). The van der Waals surface area contributed by atoms with Crippen molar-refractivity contribution in [3.63, 3.8) is 0 Å². The Labute approximate surface area is 160 Å². The number of hydrogen-bond acceptors (Lipinski definition) is 3. The number of carbonyl (C=O) groups excluding carboxylic acids is 2. The Kier molecular flexibility index (Phi) is 5.42. The van der Waals surface area contributed by atoms with Crippen LogP contribution in [-0.4, -0.2) is 17.9 Å². The molecule has 1 fully saturated rings. The second-order valence-corrected chi connectivity index (χ2v) is 6.86. The van der Waals surface area contributed by atoms with E-state index in [2.05, 4.69) is 28.3 Å². The zero-order chi connectivity index (χ0) is 18.7. The average molecular weight is 415 g/mol. The minimum atomic E-state index is -0.421. The van der Waals surface area contributed by atoms with Gasteiger partial charge in [0.1, 0.15) is 11.3 Å². The topological polar surface area (TPSA) is 58.6 Å². The number of rotatable bonds is 5. The van der Waals surface area contributed by atoms with Crippen molar-refractivity contribution in [3.8, 4) is 5.75 Å². The molecule has 5 nitrogen and oxygen atoms in total. The summed E-state index contributed by atoms with van der Waals surface area (Å²) in [6.07, 6.45) is 2.60. The molecule has 2 amide bonds. The molecule has 26 heavy (non-hydrogen) atoms. The van der Waals surface area contributed by atoms with Crippen LogP contribution in [0.5, 0.6) is 5.75 Å². The van der Waals surface area contributed by atoms with Gasteiger partial charge in [-0.1, -0.05) is 31.2 Å². The first-order valence-electron chi connectivity index (χ1n) is 8.38. The van der Waals surface area contributed by atoms with Crippen molar-refractivity contribution in [2.45, 2.75) is 26.4 Å². The number of amides is 2. The quantitative estimate of drug-likeness (QED) is 0.591. The molecule has 0 saturated carbocycles. The van der Waals surface area contributed by atoms with Crippen molar-refractivity contribution in [2.24, 2.45) is 0 Å². The first-order valence-corrected chi connectivity index (χ1v) is 9.17. The maximum atomic E-state index is 12.6. The predicted molar refractivity (Wildman–Crippen MR) is 105 cm³/mol. The van der Waals surface area contributed by atoms with E-state index in [1.165, 1.54) is 5.01 Å². The van der Waals surface area contributed by atoms with Gasteiger partial charge in [-0.25, -0.2) is 5.01 Å². The van der Waals surface area contributed by atoms with Gasteiger partial charge in [-0.05, 0) is 65.2 Å². The number of carbonyl (C=O) groups is 2. The Balaban J connectivity index is 1.84. The van der Waals surface area contributed by atoms with Gasteiger partial charge in [-0.2, -0.15) is 0 Å². The monoisotopic (exact) mass is 414 g/mol. The largest absolute Gasteiger partial charge is 0.490 e. The van der Waals surface area contributed by atoms with Gasteiger partial charge >= 0.3 is 0 Å². The van der Waals surface area contributed by atoms with Gasteiger partial charge in [0.25, 0.3) is 11.8 Å². The number of hydrogen-bond donors (Lipinski definition) is 1. The lowest BCUT2D eigenvalue weighted by atomic mass is 10.1. The van der Waals surface area contributed by atoms with Gasteiger partial charge < -0.3 is 4.74 Å². The summed E-state index contributed by atoms with van der Waals surface area (Å²) in [6.45, 7) is 4.06. The molecule has 134 valence electrons. The number of nitrogens with one attached hydrogen (secondary N) is 1. The van der Waals surface area contributed by atoms with Crippen LogP contribution in [0.25, 0.3) is 6.08 Å². The van der Waals surface area contributed by atoms with E-state index in [4.69, 9.17) is 4.74 Å². The number of halogens is 1. The van der Waals surface area contributed by atoms with Crippen molar-refractivity contribution in [3.05, 3.63) is 64.1 Å². The number of para-hydroxylation sites is 1. The molecule has 1 N–H and O–H groups in total. The minimum absolute atomic E-state index is 0.0938. The third-order valence-electron chi connectivity index (χ3n) is 4.08. The molecule has 0 spiro atoms. The zero-order valence-corrected chi connectivity index (χ0v) is 16.1. The summed E-state index contributed by atoms with van der Waals surface area (Å²) in [5.74, 6) is -0.0678. The summed E-state index contributed by atoms with van der Waals surface area (Å²) < 4.78 is 6.59. The Hall–Kier alpha value is -2.60. The molecule has 0 aromatic heterocycles. The Morgan fingerprint density at radius 3 is 2.58 bits per heavy atom. The first-order chi connectivity index (χ1) is 12.5. The van der Waals surface area contributed by atoms with E-state index in [1.54, 1.807) is 18.2 Å². The van der Waals surface area contributed by atoms with Crippen molar-refractivity contribution < 1.29 is 14.3 Å². The van der Waals surface area contributed by atoms with E-state index in [9.17, 15) is 9.59 Å². The number of anilines is 1. The zero-order valence-electron chi connectivity index (χ0n) is 14.5. The molecule has 0 aliphatic carbocycles. The third kappa shape index (κ3) is 3.80. The molecule has 1 unspecified atom stereocenters. The summed E-state index contributed by atoms with van der Waals surface area (Å²) in [6, 6.07) is 14.5. The highest BCUT2D eigenvalue weighted by Gasteiger charge is 2.34. The maximum absolute atomic E-state index is 12.6. The first kappa shape index (κ1) is 18.2. The Morgan fingerprint density at radius 2 is 1.92 bits per heavy atom. The highest BCUT2D eigenvalue weighted by atomic mass is 79.9. The van der Waals surface area contributed by atoms with E-state index in [1.807, 2.05) is 43.3 Å². The van der Waals surface area contributed by atoms with E-state index in [0.717, 1.165) is 22.2 Å². The summed E-state index contributed by atoms with van der Waals surface area (Å²) in [7, 11) is 0. The molecule has 6 heteroatoms. The number of hydrazine groups is 1. The van der Waals surface area contributed by atoms with Gasteiger partial charge in [0.15, 0.2) is 0 Å². The summed E-state index contributed by atoms with van der Waals surface area (Å²) in [5, 5.41) is 1.25. The van der Waals surface area contributed by atoms with Gasteiger partial charge in [-0.3, -0.25) is 15.0 Å². The molecule has 2 aromatic rings. The average Bonchev–Trinajstić information content (AvgIpc) is 2.92. The standard InChI is InChI=1S/C20H19BrN2O3/c1-3-13(2)26-18-10-9-14(12-17(18)21)11-16-19(24)22-23(20(16)25)15-7-5-4-6-8-15/h4-13H,3H2,1-2H3,(H,22,24). The summed E-state index contributed by atoms with van der Waals surface area (Å²) >= 11 is 3.48. The highest BCUT2D eigenvalue weighted by molar-refractivity contribution is 9.10. The fourth-order valence-corrected chi connectivity index (χ4v) is 2.98. The molecule has 0 radical (unpaired) electrons. The van der Waals surface area contributed by atoms with Crippen LogP contribution >= 0.6 is 15.9 Å². The van der Waals surface area contributed by atoms with E-state index in [0.29, 0.717) is 5.69 Å². The van der Waals surface area contributed by atoms with Gasteiger partial charge in [0, 0.05) is 0 Å². The second kappa shape index (κ2) is 7.74. The SMILES string of the molecule is CCC(C)Oc1ccc(C=C2C(=O)NN(c3ccccc3)C2=O)cc1Br. The summed E-state index contributed by atoms with van der Waals surface area (Å²) in [4.78, 5) is 24.8. The van der Waals surface area contributed by atoms with E-state index < -0.39 is 5.91 Å². The van der Waals surface area contributed by atoms with Crippen LogP contribution in [-0.2, 0) is 9.59 Å². The summed E-state index contributed by atoms with van der Waals surface area (Å²) in [5.41, 5.74) is 4.04. The number of ether oxygens (including phenoxy) is 1.